The minimum Gasteiger partial charge on any atom is -0.479 e. The van der Waals surface area contributed by atoms with Gasteiger partial charge in [-0.05, 0) is 19.1 Å². The highest BCUT2D eigenvalue weighted by Crippen LogP contribution is 2.33. The molecule has 2 rings (SSSR count). The van der Waals surface area contributed by atoms with E-state index in [2.05, 4.69) is 4.98 Å². The number of aliphatic hydroxyl groups is 1. The van der Waals surface area contributed by atoms with E-state index < -0.39 is 11.4 Å². The summed E-state index contributed by atoms with van der Waals surface area (Å²) in [5.41, 5.74) is -0.941. The van der Waals surface area contributed by atoms with Crippen molar-refractivity contribution in [3.05, 3.63) is 47.8 Å². The summed E-state index contributed by atoms with van der Waals surface area (Å²) in [5.74, 6) is -0.826. The SMILES string of the molecule is COc1nccc(C(C)(O)c2ccoc2)c1F. The zero-order chi connectivity index (χ0) is 12.5. The average Bonchev–Trinajstić information content (AvgIpc) is 2.83. The van der Waals surface area contributed by atoms with Gasteiger partial charge in [0.15, 0.2) is 5.82 Å². The Hall–Kier alpha value is -1.88. The van der Waals surface area contributed by atoms with Crippen LogP contribution >= 0.6 is 0 Å². The van der Waals surface area contributed by atoms with E-state index in [0.29, 0.717) is 5.56 Å². The van der Waals surface area contributed by atoms with Crippen molar-refractivity contribution in [3.63, 3.8) is 0 Å². The fraction of sp³-hybridized carbons (Fsp3) is 0.250. The number of hydrogen-bond acceptors (Lipinski definition) is 4. The highest BCUT2D eigenvalue weighted by molar-refractivity contribution is 5.36. The number of nitrogens with zero attached hydrogens (tertiary/aromatic N) is 1. The highest BCUT2D eigenvalue weighted by Gasteiger charge is 2.31. The first-order valence-corrected chi connectivity index (χ1v) is 5.01. The van der Waals surface area contributed by atoms with Gasteiger partial charge in [-0.1, -0.05) is 0 Å². The van der Waals surface area contributed by atoms with Gasteiger partial charge in [0.25, 0.3) is 5.88 Å². The summed E-state index contributed by atoms with van der Waals surface area (Å²) in [6.07, 6.45) is 4.16. The maximum absolute atomic E-state index is 14.0. The molecular weight excluding hydrogens is 225 g/mol. The van der Waals surface area contributed by atoms with E-state index in [0.717, 1.165) is 0 Å². The number of furan rings is 1. The molecule has 90 valence electrons. The Morgan fingerprint density at radius 1 is 1.47 bits per heavy atom. The first kappa shape index (κ1) is 11.6. The van der Waals surface area contributed by atoms with E-state index in [1.54, 1.807) is 6.07 Å². The quantitative estimate of drug-likeness (QED) is 0.887. The summed E-state index contributed by atoms with van der Waals surface area (Å²) in [6.45, 7) is 1.48. The summed E-state index contributed by atoms with van der Waals surface area (Å²) in [7, 11) is 1.32. The first-order valence-electron chi connectivity index (χ1n) is 5.01. The molecule has 0 saturated carbocycles. The lowest BCUT2D eigenvalue weighted by Gasteiger charge is -2.23. The summed E-state index contributed by atoms with van der Waals surface area (Å²) < 4.78 is 23.6. The summed E-state index contributed by atoms with van der Waals surface area (Å²) in [4.78, 5) is 3.72. The topological polar surface area (TPSA) is 55.5 Å². The lowest BCUT2D eigenvalue weighted by Crippen LogP contribution is -2.24. The Kier molecular flexibility index (Phi) is 2.85. The number of pyridine rings is 1. The van der Waals surface area contributed by atoms with Crippen molar-refractivity contribution < 1.29 is 18.7 Å². The second kappa shape index (κ2) is 4.18. The van der Waals surface area contributed by atoms with Crippen LogP contribution in [0.2, 0.25) is 0 Å². The van der Waals surface area contributed by atoms with Crippen LogP contribution in [0.4, 0.5) is 4.39 Å². The standard InChI is InChI=1S/C12H12FNO3/c1-12(15,8-4-6-17-7-8)9-3-5-14-11(16-2)10(9)13/h3-7,15H,1-2H3. The molecule has 0 amide bonds. The molecule has 0 saturated heterocycles. The van der Waals surface area contributed by atoms with Crippen LogP contribution in [0, 0.1) is 5.82 Å². The number of aromatic nitrogens is 1. The van der Waals surface area contributed by atoms with E-state index in [1.165, 1.54) is 38.8 Å². The molecule has 5 heteroatoms. The normalized spacial score (nSPS) is 14.4. The maximum atomic E-state index is 14.0. The molecule has 4 nitrogen and oxygen atoms in total. The van der Waals surface area contributed by atoms with E-state index in [9.17, 15) is 9.50 Å². The molecule has 17 heavy (non-hydrogen) atoms. The molecule has 0 spiro atoms. The van der Waals surface area contributed by atoms with Crippen LogP contribution < -0.4 is 4.74 Å². The van der Waals surface area contributed by atoms with Crippen LogP contribution in [0.1, 0.15) is 18.1 Å². The van der Waals surface area contributed by atoms with Crippen LogP contribution in [0.5, 0.6) is 5.88 Å². The summed E-state index contributed by atoms with van der Waals surface area (Å²) in [5, 5.41) is 10.4. The third-order valence-electron chi connectivity index (χ3n) is 2.66. The van der Waals surface area contributed by atoms with Crippen molar-refractivity contribution in [1.82, 2.24) is 4.98 Å². The molecule has 0 bridgehead atoms. The molecule has 2 aromatic heterocycles. The van der Waals surface area contributed by atoms with Gasteiger partial charge < -0.3 is 14.3 Å². The fourth-order valence-corrected chi connectivity index (χ4v) is 1.64. The van der Waals surface area contributed by atoms with Crippen molar-refractivity contribution >= 4 is 0 Å². The molecule has 1 N–H and O–H groups in total. The van der Waals surface area contributed by atoms with Crippen molar-refractivity contribution in [2.45, 2.75) is 12.5 Å². The van der Waals surface area contributed by atoms with E-state index >= 15 is 0 Å². The second-order valence-corrected chi connectivity index (χ2v) is 3.77. The predicted molar refractivity (Wildman–Crippen MR) is 58.1 cm³/mol. The molecular formula is C12H12FNO3. The van der Waals surface area contributed by atoms with Gasteiger partial charge in [-0.3, -0.25) is 0 Å². The van der Waals surface area contributed by atoms with Gasteiger partial charge >= 0.3 is 0 Å². The zero-order valence-corrected chi connectivity index (χ0v) is 9.48. The summed E-state index contributed by atoms with van der Waals surface area (Å²) in [6, 6.07) is 2.98. The Bertz CT molecular complexity index is 508. The molecule has 2 heterocycles. The zero-order valence-electron chi connectivity index (χ0n) is 9.48. The van der Waals surface area contributed by atoms with Crippen LogP contribution in [-0.2, 0) is 5.60 Å². The molecule has 2 aromatic rings. The fourth-order valence-electron chi connectivity index (χ4n) is 1.64. The maximum Gasteiger partial charge on any atom is 0.250 e. The van der Waals surface area contributed by atoms with Crippen LogP contribution in [0.3, 0.4) is 0 Å². The smallest absolute Gasteiger partial charge is 0.250 e. The van der Waals surface area contributed by atoms with Crippen molar-refractivity contribution in [1.29, 1.82) is 0 Å². The van der Waals surface area contributed by atoms with Crippen molar-refractivity contribution in [2.24, 2.45) is 0 Å². The van der Waals surface area contributed by atoms with Gasteiger partial charge in [-0.15, -0.1) is 0 Å². The largest absolute Gasteiger partial charge is 0.479 e. The number of halogens is 1. The molecule has 0 aromatic carbocycles. The molecule has 0 aliphatic heterocycles. The highest BCUT2D eigenvalue weighted by atomic mass is 19.1. The molecule has 0 radical (unpaired) electrons. The van der Waals surface area contributed by atoms with Crippen LogP contribution in [0.15, 0.2) is 35.3 Å². The lowest BCUT2D eigenvalue weighted by molar-refractivity contribution is 0.0962. The second-order valence-electron chi connectivity index (χ2n) is 3.77. The third kappa shape index (κ3) is 1.89. The minimum absolute atomic E-state index is 0.0887. The van der Waals surface area contributed by atoms with Gasteiger partial charge in [0.05, 0.1) is 19.6 Å². The lowest BCUT2D eigenvalue weighted by atomic mass is 9.90. The number of ether oxygens (including phenoxy) is 1. The van der Waals surface area contributed by atoms with Gasteiger partial charge in [0, 0.05) is 17.3 Å². The van der Waals surface area contributed by atoms with Gasteiger partial charge in [0.1, 0.15) is 5.60 Å². The van der Waals surface area contributed by atoms with Gasteiger partial charge in [-0.2, -0.15) is 0 Å². The Balaban J connectivity index is 2.54. The number of hydrogen-bond donors (Lipinski definition) is 1. The molecule has 1 unspecified atom stereocenters. The van der Waals surface area contributed by atoms with E-state index in [-0.39, 0.29) is 11.4 Å². The minimum atomic E-state index is -1.49. The predicted octanol–water partition coefficient (Wildman–Crippen LogP) is 2.08. The van der Waals surface area contributed by atoms with Crippen LogP contribution in [0.25, 0.3) is 0 Å². The van der Waals surface area contributed by atoms with Crippen molar-refractivity contribution in [2.75, 3.05) is 7.11 Å². The average molecular weight is 237 g/mol. The third-order valence-corrected chi connectivity index (χ3v) is 2.66. The Morgan fingerprint density at radius 3 is 2.82 bits per heavy atom. The molecule has 0 aliphatic rings. The Labute approximate surface area is 97.7 Å². The van der Waals surface area contributed by atoms with Crippen LogP contribution in [-0.4, -0.2) is 17.2 Å². The monoisotopic (exact) mass is 237 g/mol. The summed E-state index contributed by atoms with van der Waals surface area (Å²) >= 11 is 0. The molecule has 1 atom stereocenters. The van der Waals surface area contributed by atoms with E-state index in [4.69, 9.17) is 9.15 Å². The van der Waals surface area contributed by atoms with Gasteiger partial charge in [-0.25, -0.2) is 9.37 Å². The van der Waals surface area contributed by atoms with E-state index in [1.807, 2.05) is 0 Å². The first-order chi connectivity index (χ1) is 8.07. The number of methoxy groups -OCH3 is 1. The van der Waals surface area contributed by atoms with Gasteiger partial charge in [0.2, 0.25) is 0 Å². The Morgan fingerprint density at radius 2 is 2.24 bits per heavy atom. The molecule has 0 aliphatic carbocycles. The number of rotatable bonds is 3. The van der Waals surface area contributed by atoms with Crippen molar-refractivity contribution in [3.8, 4) is 5.88 Å². The molecule has 0 fully saturated rings.